The predicted octanol–water partition coefficient (Wildman–Crippen LogP) is 3.16. The molecule has 0 bridgehead atoms. The first kappa shape index (κ1) is 19.2. The van der Waals surface area contributed by atoms with E-state index in [2.05, 4.69) is 18.1 Å². The molecule has 0 saturated heterocycles. The van der Waals surface area contributed by atoms with Crippen molar-refractivity contribution in [1.82, 2.24) is 14.7 Å². The molecular weight excluding hydrogens is 314 g/mol. The van der Waals surface area contributed by atoms with Gasteiger partial charge < -0.3 is 10.0 Å². The second-order valence-electron chi connectivity index (χ2n) is 7.11. The smallest absolute Gasteiger partial charge is 0.225 e. The van der Waals surface area contributed by atoms with Gasteiger partial charge in [-0.1, -0.05) is 32.0 Å². The van der Waals surface area contributed by atoms with Crippen molar-refractivity contribution >= 4 is 5.91 Å². The van der Waals surface area contributed by atoms with Gasteiger partial charge in [0.1, 0.15) is 0 Å². The molecular formula is C20H29N3O2. The summed E-state index contributed by atoms with van der Waals surface area (Å²) in [4.78, 5) is 14.0. The molecule has 0 fully saturated rings. The van der Waals surface area contributed by atoms with E-state index >= 15 is 0 Å². The highest BCUT2D eigenvalue weighted by Gasteiger charge is 2.20. The number of carbonyl (C=O) groups is 1. The lowest BCUT2D eigenvalue weighted by atomic mass is 10.0. The van der Waals surface area contributed by atoms with Crippen LogP contribution in [0.15, 0.2) is 24.3 Å². The number of aliphatic hydroxyl groups excluding tert-OH is 1. The van der Waals surface area contributed by atoms with E-state index in [0.717, 1.165) is 28.2 Å². The van der Waals surface area contributed by atoms with Gasteiger partial charge >= 0.3 is 0 Å². The summed E-state index contributed by atoms with van der Waals surface area (Å²) in [7, 11) is 1.78. The zero-order valence-corrected chi connectivity index (χ0v) is 16.1. The Morgan fingerprint density at radius 1 is 1.24 bits per heavy atom. The van der Waals surface area contributed by atoms with Crippen LogP contribution in [0.2, 0.25) is 0 Å². The standard InChI is InChI=1S/C20H29N3O2/c1-13(2)19(24)11-20(25)22(6)12-17-15(4)21-23(16(17)5)18-10-8-7-9-14(18)3/h7-10,13,19,24H,11-12H2,1-6H3. The lowest BCUT2D eigenvalue weighted by molar-refractivity contribution is -0.133. The van der Waals surface area contributed by atoms with Gasteiger partial charge in [0.2, 0.25) is 5.91 Å². The van der Waals surface area contributed by atoms with E-state index in [4.69, 9.17) is 0 Å². The fourth-order valence-corrected chi connectivity index (χ4v) is 2.84. The Kier molecular flexibility index (Phi) is 6.01. The number of hydrogen-bond acceptors (Lipinski definition) is 3. The van der Waals surface area contributed by atoms with Gasteiger partial charge in [0.25, 0.3) is 0 Å². The molecule has 5 heteroatoms. The predicted molar refractivity (Wildman–Crippen MR) is 99.7 cm³/mol. The van der Waals surface area contributed by atoms with Crippen LogP contribution in [0.25, 0.3) is 5.69 Å². The quantitative estimate of drug-likeness (QED) is 0.876. The third-order valence-corrected chi connectivity index (χ3v) is 4.76. The number of carbonyl (C=O) groups excluding carboxylic acids is 1. The van der Waals surface area contributed by atoms with Gasteiger partial charge in [0.05, 0.1) is 23.9 Å². The highest BCUT2D eigenvalue weighted by atomic mass is 16.3. The first-order valence-corrected chi connectivity index (χ1v) is 8.75. The molecule has 1 atom stereocenters. The van der Waals surface area contributed by atoms with Crippen LogP contribution in [0.4, 0.5) is 0 Å². The number of rotatable bonds is 6. The highest BCUT2D eigenvalue weighted by Crippen LogP contribution is 2.21. The average Bonchev–Trinajstić information content (AvgIpc) is 2.83. The van der Waals surface area contributed by atoms with Crippen LogP contribution in [0.3, 0.4) is 0 Å². The second kappa shape index (κ2) is 7.83. The first-order valence-electron chi connectivity index (χ1n) is 8.75. The Bertz CT molecular complexity index is 749. The number of nitrogens with zero attached hydrogens (tertiary/aromatic N) is 3. The van der Waals surface area contributed by atoms with E-state index in [1.807, 2.05) is 50.6 Å². The maximum Gasteiger partial charge on any atom is 0.225 e. The summed E-state index contributed by atoms with van der Waals surface area (Å²) in [5, 5.41) is 14.6. The van der Waals surface area contributed by atoms with E-state index in [-0.39, 0.29) is 18.2 Å². The monoisotopic (exact) mass is 343 g/mol. The van der Waals surface area contributed by atoms with E-state index in [1.165, 1.54) is 0 Å². The van der Waals surface area contributed by atoms with Crippen molar-refractivity contribution in [3.63, 3.8) is 0 Å². The molecule has 5 nitrogen and oxygen atoms in total. The summed E-state index contributed by atoms with van der Waals surface area (Å²) in [6, 6.07) is 8.13. The third-order valence-electron chi connectivity index (χ3n) is 4.76. The molecule has 0 aliphatic heterocycles. The van der Waals surface area contributed by atoms with E-state index in [1.54, 1.807) is 11.9 Å². The van der Waals surface area contributed by atoms with Gasteiger partial charge in [0.15, 0.2) is 0 Å². The minimum Gasteiger partial charge on any atom is -0.392 e. The molecule has 0 saturated carbocycles. The summed E-state index contributed by atoms with van der Waals surface area (Å²) < 4.78 is 1.95. The number of para-hydroxylation sites is 1. The van der Waals surface area contributed by atoms with Crippen LogP contribution in [0.5, 0.6) is 0 Å². The average molecular weight is 343 g/mol. The minimum atomic E-state index is -0.605. The lowest BCUT2D eigenvalue weighted by Crippen LogP contribution is -2.31. The summed E-state index contributed by atoms with van der Waals surface area (Å²) in [6.45, 7) is 10.4. The van der Waals surface area contributed by atoms with Gasteiger partial charge in [-0.25, -0.2) is 4.68 Å². The Hall–Kier alpha value is -2.14. The lowest BCUT2D eigenvalue weighted by Gasteiger charge is -2.21. The van der Waals surface area contributed by atoms with Crippen LogP contribution in [-0.4, -0.2) is 38.8 Å². The Morgan fingerprint density at radius 3 is 2.48 bits per heavy atom. The van der Waals surface area contributed by atoms with E-state index in [0.29, 0.717) is 6.54 Å². The molecule has 0 spiro atoms. The van der Waals surface area contributed by atoms with Gasteiger partial charge in [-0.2, -0.15) is 5.10 Å². The van der Waals surface area contributed by atoms with Gasteiger partial charge in [-0.05, 0) is 38.3 Å². The molecule has 1 N–H and O–H groups in total. The number of aryl methyl sites for hydroxylation is 2. The normalized spacial score (nSPS) is 12.5. The van der Waals surface area contributed by atoms with Crippen molar-refractivity contribution in [3.8, 4) is 5.69 Å². The van der Waals surface area contributed by atoms with Gasteiger partial charge in [-0.3, -0.25) is 4.79 Å². The van der Waals surface area contributed by atoms with Crippen LogP contribution in [-0.2, 0) is 11.3 Å². The van der Waals surface area contributed by atoms with Crippen LogP contribution in [0, 0.1) is 26.7 Å². The Balaban J connectivity index is 2.21. The third kappa shape index (κ3) is 4.28. The van der Waals surface area contributed by atoms with Crippen molar-refractivity contribution in [2.45, 2.75) is 53.7 Å². The largest absolute Gasteiger partial charge is 0.392 e. The fourth-order valence-electron chi connectivity index (χ4n) is 2.84. The number of aromatic nitrogens is 2. The summed E-state index contributed by atoms with van der Waals surface area (Å²) >= 11 is 0. The number of amides is 1. The zero-order chi connectivity index (χ0) is 18.7. The highest BCUT2D eigenvalue weighted by molar-refractivity contribution is 5.76. The van der Waals surface area contributed by atoms with Gasteiger partial charge in [0, 0.05) is 24.8 Å². The molecule has 0 aliphatic carbocycles. The SMILES string of the molecule is Cc1ccccc1-n1nc(C)c(CN(C)C(=O)CC(O)C(C)C)c1C. The second-order valence-corrected chi connectivity index (χ2v) is 7.11. The van der Waals surface area contributed by atoms with Crippen LogP contribution >= 0.6 is 0 Å². The molecule has 1 aromatic heterocycles. The van der Waals surface area contributed by atoms with Crippen molar-refractivity contribution in [3.05, 3.63) is 46.8 Å². The molecule has 136 valence electrons. The summed E-state index contributed by atoms with van der Waals surface area (Å²) in [5.74, 6) is 0.0215. The molecule has 1 unspecified atom stereocenters. The van der Waals surface area contributed by atoms with Crippen molar-refractivity contribution in [2.75, 3.05) is 7.05 Å². The van der Waals surface area contributed by atoms with Gasteiger partial charge in [-0.15, -0.1) is 0 Å². The Morgan fingerprint density at radius 2 is 1.88 bits per heavy atom. The minimum absolute atomic E-state index is 0.0522. The number of aliphatic hydroxyl groups is 1. The van der Waals surface area contributed by atoms with Crippen LogP contribution < -0.4 is 0 Å². The zero-order valence-electron chi connectivity index (χ0n) is 16.1. The van der Waals surface area contributed by atoms with Crippen LogP contribution in [0.1, 0.15) is 42.8 Å². The van der Waals surface area contributed by atoms with Crippen molar-refractivity contribution in [1.29, 1.82) is 0 Å². The molecule has 1 heterocycles. The molecule has 2 rings (SSSR count). The molecule has 1 amide bonds. The van der Waals surface area contributed by atoms with E-state index in [9.17, 15) is 9.90 Å². The number of hydrogen-bond donors (Lipinski definition) is 1. The maximum atomic E-state index is 12.4. The molecule has 0 radical (unpaired) electrons. The summed E-state index contributed by atoms with van der Waals surface area (Å²) in [6.07, 6.45) is -0.454. The molecule has 2 aromatic rings. The molecule has 25 heavy (non-hydrogen) atoms. The number of benzene rings is 1. The topological polar surface area (TPSA) is 58.4 Å². The molecule has 1 aromatic carbocycles. The Labute approximate surface area is 150 Å². The van der Waals surface area contributed by atoms with E-state index < -0.39 is 6.10 Å². The molecule has 0 aliphatic rings. The van der Waals surface area contributed by atoms with Crippen molar-refractivity contribution in [2.24, 2.45) is 5.92 Å². The summed E-state index contributed by atoms with van der Waals surface area (Å²) in [5.41, 5.74) is 5.22. The first-order chi connectivity index (χ1) is 11.7. The fraction of sp³-hybridized carbons (Fsp3) is 0.500. The van der Waals surface area contributed by atoms with Crippen molar-refractivity contribution < 1.29 is 9.90 Å². The maximum absolute atomic E-state index is 12.4.